The second-order valence-electron chi connectivity index (χ2n) is 4.67. The van der Waals surface area contributed by atoms with E-state index < -0.39 is 15.9 Å². The van der Waals surface area contributed by atoms with Crippen molar-refractivity contribution in [2.45, 2.75) is 6.42 Å². The van der Waals surface area contributed by atoms with Gasteiger partial charge in [-0.15, -0.1) is 0 Å². The third-order valence-corrected chi connectivity index (χ3v) is 5.02. The fraction of sp³-hybridized carbons (Fsp3) is 0.143. The van der Waals surface area contributed by atoms with Crippen LogP contribution in [0, 0.1) is 0 Å². The van der Waals surface area contributed by atoms with Gasteiger partial charge in [-0.25, -0.2) is 17.7 Å². The third kappa shape index (κ3) is 2.65. The number of imidazole rings is 1. The third-order valence-electron chi connectivity index (χ3n) is 3.23. The Bertz CT molecular complexity index is 899. The highest BCUT2D eigenvalue weighted by molar-refractivity contribution is 7.92. The highest BCUT2D eigenvalue weighted by Crippen LogP contribution is 2.19. The molecule has 8 heteroatoms. The van der Waals surface area contributed by atoms with Crippen molar-refractivity contribution in [1.82, 2.24) is 13.7 Å². The number of pyridine rings is 1. The van der Waals surface area contributed by atoms with Gasteiger partial charge in [-0.1, -0.05) is 23.7 Å². The van der Waals surface area contributed by atoms with E-state index in [4.69, 9.17) is 11.6 Å². The maximum Gasteiger partial charge on any atom is 0.260 e. The van der Waals surface area contributed by atoms with Crippen LogP contribution in [0.4, 0.5) is 0 Å². The van der Waals surface area contributed by atoms with Crippen molar-refractivity contribution < 1.29 is 13.2 Å². The van der Waals surface area contributed by atoms with E-state index in [1.165, 1.54) is 18.2 Å². The fourth-order valence-corrected chi connectivity index (χ4v) is 3.62. The highest BCUT2D eigenvalue weighted by atomic mass is 35.5. The largest absolute Gasteiger partial charge is 0.299 e. The summed E-state index contributed by atoms with van der Waals surface area (Å²) in [6.07, 6.45) is 6.47. The van der Waals surface area contributed by atoms with Crippen molar-refractivity contribution >= 4 is 39.3 Å². The van der Waals surface area contributed by atoms with Gasteiger partial charge in [-0.3, -0.25) is 9.20 Å². The van der Waals surface area contributed by atoms with E-state index in [9.17, 15) is 13.2 Å². The number of halogens is 1. The molecular weight excluding hydrogens is 326 g/mol. The first-order valence-electron chi connectivity index (χ1n) is 6.53. The zero-order chi connectivity index (χ0) is 15.7. The minimum absolute atomic E-state index is 0.142. The van der Waals surface area contributed by atoms with Crippen LogP contribution < -0.4 is 0 Å². The molecule has 0 spiro atoms. The molecule has 0 radical (unpaired) electrons. The molecule has 0 aliphatic carbocycles. The predicted molar refractivity (Wildman–Crippen MR) is 83.6 cm³/mol. The molecule has 1 aliphatic heterocycles. The van der Waals surface area contributed by atoms with Crippen LogP contribution in [0.1, 0.15) is 12.1 Å². The molecule has 0 aromatic carbocycles. The Morgan fingerprint density at radius 2 is 2.18 bits per heavy atom. The number of carbonyl (C=O) groups excluding carboxylic acids is 1. The minimum atomic E-state index is -3.67. The standard InChI is InChI=1S/C14H12ClN3O3S/c15-14-11(17-8-2-1-5-12(17)16-14)6-7-13(19)18-9-3-4-10-22(18,20)21/h1-2,4-8,10H,3,9H2/b7-6+. The number of hydrogen-bond donors (Lipinski definition) is 0. The number of carbonyl (C=O) groups is 1. The number of amides is 1. The van der Waals surface area contributed by atoms with E-state index in [1.807, 2.05) is 12.1 Å². The lowest BCUT2D eigenvalue weighted by Crippen LogP contribution is -2.36. The van der Waals surface area contributed by atoms with Gasteiger partial charge in [0.05, 0.1) is 5.69 Å². The molecule has 2 aromatic rings. The number of sulfonamides is 1. The van der Waals surface area contributed by atoms with Crippen molar-refractivity contribution in [3.63, 3.8) is 0 Å². The van der Waals surface area contributed by atoms with E-state index in [2.05, 4.69) is 4.98 Å². The molecule has 0 bridgehead atoms. The molecule has 3 heterocycles. The normalized spacial score (nSPS) is 17.4. The maximum absolute atomic E-state index is 12.1. The topological polar surface area (TPSA) is 71.8 Å². The number of fused-ring (bicyclic) bond motifs is 1. The first kappa shape index (κ1) is 14.8. The molecule has 0 saturated carbocycles. The average Bonchev–Trinajstić information content (AvgIpc) is 2.80. The molecule has 1 amide bonds. The Balaban J connectivity index is 1.92. The molecule has 0 unspecified atom stereocenters. The average molecular weight is 338 g/mol. The van der Waals surface area contributed by atoms with Gasteiger partial charge in [-0.2, -0.15) is 0 Å². The molecular formula is C14H12ClN3O3S. The van der Waals surface area contributed by atoms with Gasteiger partial charge >= 0.3 is 0 Å². The van der Waals surface area contributed by atoms with Crippen LogP contribution >= 0.6 is 11.6 Å². The monoisotopic (exact) mass is 337 g/mol. The summed E-state index contributed by atoms with van der Waals surface area (Å²) in [7, 11) is -3.67. The zero-order valence-corrected chi connectivity index (χ0v) is 13.0. The van der Waals surface area contributed by atoms with Crippen molar-refractivity contribution in [3.05, 3.63) is 52.8 Å². The van der Waals surface area contributed by atoms with Crippen LogP contribution in [0.15, 0.2) is 42.0 Å². The molecule has 1 aliphatic rings. The van der Waals surface area contributed by atoms with E-state index in [-0.39, 0.29) is 11.7 Å². The molecule has 114 valence electrons. The Morgan fingerprint density at radius 3 is 2.95 bits per heavy atom. The first-order chi connectivity index (χ1) is 10.5. The molecule has 0 atom stereocenters. The lowest BCUT2D eigenvalue weighted by molar-refractivity contribution is -0.121. The summed E-state index contributed by atoms with van der Waals surface area (Å²) in [5.41, 5.74) is 1.17. The van der Waals surface area contributed by atoms with E-state index >= 15 is 0 Å². The second kappa shape index (κ2) is 5.58. The summed E-state index contributed by atoms with van der Waals surface area (Å²) in [6, 6.07) is 5.42. The Labute approximate surface area is 132 Å². The van der Waals surface area contributed by atoms with Crippen LogP contribution in [0.25, 0.3) is 11.7 Å². The summed E-state index contributed by atoms with van der Waals surface area (Å²) in [6.45, 7) is 0.142. The smallest absolute Gasteiger partial charge is 0.260 e. The van der Waals surface area contributed by atoms with Gasteiger partial charge in [0, 0.05) is 24.2 Å². The number of nitrogens with zero attached hydrogens (tertiary/aromatic N) is 3. The highest BCUT2D eigenvalue weighted by Gasteiger charge is 2.25. The predicted octanol–water partition coefficient (Wildman–Crippen LogP) is 2.08. The fourth-order valence-electron chi connectivity index (χ4n) is 2.19. The SMILES string of the molecule is O=C(/C=C/c1c(Cl)nc2ccccn12)N1CCC=CS1(=O)=O. The van der Waals surface area contributed by atoms with Crippen molar-refractivity contribution in [1.29, 1.82) is 0 Å². The van der Waals surface area contributed by atoms with E-state index in [1.54, 1.807) is 16.7 Å². The molecule has 0 saturated heterocycles. The summed E-state index contributed by atoms with van der Waals surface area (Å²) in [5, 5.41) is 1.29. The van der Waals surface area contributed by atoms with Gasteiger partial charge in [-0.05, 0) is 24.6 Å². The quantitative estimate of drug-likeness (QED) is 0.786. The maximum atomic E-state index is 12.1. The van der Waals surface area contributed by atoms with E-state index in [0.29, 0.717) is 17.8 Å². The van der Waals surface area contributed by atoms with Gasteiger partial charge in [0.15, 0.2) is 5.15 Å². The molecule has 22 heavy (non-hydrogen) atoms. The Morgan fingerprint density at radius 1 is 1.36 bits per heavy atom. The molecule has 6 nitrogen and oxygen atoms in total. The van der Waals surface area contributed by atoms with Crippen LogP contribution in [0.2, 0.25) is 5.15 Å². The van der Waals surface area contributed by atoms with Crippen LogP contribution in [-0.2, 0) is 14.8 Å². The summed E-state index contributed by atoms with van der Waals surface area (Å²) < 4.78 is 26.2. The minimum Gasteiger partial charge on any atom is -0.299 e. The number of hydrogen-bond acceptors (Lipinski definition) is 4. The summed E-state index contributed by atoms with van der Waals surface area (Å²) in [5.74, 6) is -0.605. The summed E-state index contributed by atoms with van der Waals surface area (Å²) >= 11 is 6.06. The Kier molecular flexibility index (Phi) is 3.76. The lowest BCUT2D eigenvalue weighted by Gasteiger charge is -2.21. The first-order valence-corrected chi connectivity index (χ1v) is 8.41. The number of aromatic nitrogens is 2. The molecule has 0 N–H and O–H groups in total. The molecule has 3 rings (SSSR count). The second-order valence-corrected chi connectivity index (χ2v) is 6.77. The number of rotatable bonds is 2. The molecule has 0 fully saturated rings. The summed E-state index contributed by atoms with van der Waals surface area (Å²) in [4.78, 5) is 16.3. The van der Waals surface area contributed by atoms with E-state index in [0.717, 1.165) is 9.71 Å². The zero-order valence-electron chi connectivity index (χ0n) is 11.4. The van der Waals surface area contributed by atoms with Crippen LogP contribution in [-0.4, -0.2) is 34.6 Å². The van der Waals surface area contributed by atoms with Gasteiger partial charge in [0.25, 0.3) is 15.9 Å². The van der Waals surface area contributed by atoms with Gasteiger partial charge in [0.2, 0.25) is 0 Å². The van der Waals surface area contributed by atoms with Gasteiger partial charge in [0.1, 0.15) is 5.65 Å². The van der Waals surface area contributed by atoms with Gasteiger partial charge < -0.3 is 0 Å². The van der Waals surface area contributed by atoms with Crippen LogP contribution in [0.5, 0.6) is 0 Å². The molecule has 2 aromatic heterocycles. The van der Waals surface area contributed by atoms with Crippen molar-refractivity contribution in [3.8, 4) is 0 Å². The van der Waals surface area contributed by atoms with Crippen LogP contribution in [0.3, 0.4) is 0 Å². The Hall–Kier alpha value is -2.12. The lowest BCUT2D eigenvalue weighted by atomic mass is 10.3. The van der Waals surface area contributed by atoms with Crippen molar-refractivity contribution in [2.24, 2.45) is 0 Å². The van der Waals surface area contributed by atoms with Crippen molar-refractivity contribution in [2.75, 3.05) is 6.54 Å².